The Morgan fingerprint density at radius 1 is 1.32 bits per heavy atom. The molecule has 0 saturated carbocycles. The fourth-order valence-electron chi connectivity index (χ4n) is 3.13. The molecule has 0 saturated heterocycles. The van der Waals surface area contributed by atoms with Crippen LogP contribution in [0.25, 0.3) is 11.0 Å². The largest absolute Gasteiger partial charge is 0.467 e. The molecule has 3 aromatic rings. The van der Waals surface area contributed by atoms with Gasteiger partial charge in [0.25, 0.3) is 5.56 Å². The Morgan fingerprint density at radius 2 is 2.20 bits per heavy atom. The van der Waals surface area contributed by atoms with Crippen LogP contribution in [0.3, 0.4) is 0 Å². The van der Waals surface area contributed by atoms with Gasteiger partial charge in [-0.05, 0) is 49.4 Å². The fraction of sp³-hybridized carbons (Fsp3) is 0.333. The second-order valence-electron chi connectivity index (χ2n) is 6.21. The highest BCUT2D eigenvalue weighted by Gasteiger charge is 2.15. The molecule has 0 spiro atoms. The zero-order valence-electron chi connectivity index (χ0n) is 13.7. The third kappa shape index (κ3) is 3.17. The van der Waals surface area contributed by atoms with Gasteiger partial charge in [0, 0.05) is 5.69 Å². The van der Waals surface area contributed by atoms with Crippen molar-refractivity contribution in [1.82, 2.24) is 19.9 Å². The minimum absolute atomic E-state index is 0.0838. The number of aromatic nitrogens is 3. The molecule has 4 rings (SSSR count). The molecule has 7 nitrogen and oxygen atoms in total. The predicted molar refractivity (Wildman–Crippen MR) is 91.0 cm³/mol. The van der Waals surface area contributed by atoms with Gasteiger partial charge in [-0.1, -0.05) is 0 Å². The van der Waals surface area contributed by atoms with Crippen molar-refractivity contribution in [2.24, 2.45) is 0 Å². The summed E-state index contributed by atoms with van der Waals surface area (Å²) in [5.74, 6) is 0.388. The van der Waals surface area contributed by atoms with Gasteiger partial charge in [-0.15, -0.1) is 0 Å². The Bertz CT molecular complexity index is 976. The monoisotopic (exact) mass is 338 g/mol. The zero-order valence-corrected chi connectivity index (χ0v) is 13.7. The van der Waals surface area contributed by atoms with Gasteiger partial charge in [0.05, 0.1) is 18.2 Å². The maximum atomic E-state index is 12.7. The van der Waals surface area contributed by atoms with E-state index in [-0.39, 0.29) is 24.6 Å². The zero-order chi connectivity index (χ0) is 17.2. The van der Waals surface area contributed by atoms with E-state index in [1.165, 1.54) is 10.9 Å². The van der Waals surface area contributed by atoms with Gasteiger partial charge in [0.1, 0.15) is 18.6 Å². The number of fused-ring (bicyclic) bond motifs is 2. The van der Waals surface area contributed by atoms with E-state index in [9.17, 15) is 9.59 Å². The lowest BCUT2D eigenvalue weighted by molar-refractivity contribution is -0.122. The number of pyridine rings is 1. The molecule has 0 aliphatic heterocycles. The van der Waals surface area contributed by atoms with Crippen LogP contribution in [0.4, 0.5) is 0 Å². The van der Waals surface area contributed by atoms with Gasteiger partial charge in [-0.25, -0.2) is 9.97 Å². The SMILES string of the molecule is O=C(Cn1cnc2nc3c(cc2c1=O)CCCC3)NCc1ccco1. The highest BCUT2D eigenvalue weighted by atomic mass is 16.3. The van der Waals surface area contributed by atoms with Crippen molar-refractivity contribution in [3.05, 3.63) is 58.2 Å². The molecule has 0 fully saturated rings. The van der Waals surface area contributed by atoms with Crippen molar-refractivity contribution in [3.8, 4) is 0 Å². The minimum Gasteiger partial charge on any atom is -0.467 e. The Labute approximate surface area is 143 Å². The summed E-state index contributed by atoms with van der Waals surface area (Å²) in [6, 6.07) is 5.43. The molecule has 128 valence electrons. The molecular formula is C18H18N4O3. The van der Waals surface area contributed by atoms with E-state index in [2.05, 4.69) is 15.3 Å². The summed E-state index contributed by atoms with van der Waals surface area (Å²) < 4.78 is 6.48. The van der Waals surface area contributed by atoms with Gasteiger partial charge in [0.15, 0.2) is 5.65 Å². The van der Waals surface area contributed by atoms with Crippen LogP contribution in [-0.2, 0) is 30.7 Å². The molecular weight excluding hydrogens is 320 g/mol. The molecule has 0 unspecified atom stereocenters. The number of aryl methyl sites for hydroxylation is 2. The normalized spacial score (nSPS) is 13.6. The van der Waals surface area contributed by atoms with Gasteiger partial charge in [-0.3, -0.25) is 14.2 Å². The number of hydrogen-bond donors (Lipinski definition) is 1. The van der Waals surface area contributed by atoms with Crippen LogP contribution in [0.5, 0.6) is 0 Å². The Balaban J connectivity index is 1.56. The number of carbonyl (C=O) groups excluding carboxylic acids is 1. The maximum Gasteiger partial charge on any atom is 0.263 e. The number of amides is 1. The summed E-state index contributed by atoms with van der Waals surface area (Å²) in [6.07, 6.45) is 7.05. The van der Waals surface area contributed by atoms with Gasteiger partial charge >= 0.3 is 0 Å². The lowest BCUT2D eigenvalue weighted by Gasteiger charge is -2.15. The summed E-state index contributed by atoms with van der Waals surface area (Å²) in [6.45, 7) is 0.205. The number of rotatable bonds is 4. The number of carbonyl (C=O) groups is 1. The first-order chi connectivity index (χ1) is 12.2. The molecule has 7 heteroatoms. The molecule has 25 heavy (non-hydrogen) atoms. The summed E-state index contributed by atoms with van der Waals surface area (Å²) in [5, 5.41) is 3.20. The van der Waals surface area contributed by atoms with Crippen LogP contribution in [0.2, 0.25) is 0 Å². The van der Waals surface area contributed by atoms with Crippen LogP contribution in [0.1, 0.15) is 29.9 Å². The third-order valence-corrected chi connectivity index (χ3v) is 4.45. The number of nitrogens with one attached hydrogen (secondary N) is 1. The summed E-state index contributed by atoms with van der Waals surface area (Å²) in [7, 11) is 0. The van der Waals surface area contributed by atoms with E-state index < -0.39 is 0 Å². The van der Waals surface area contributed by atoms with E-state index in [4.69, 9.17) is 4.42 Å². The maximum absolute atomic E-state index is 12.7. The van der Waals surface area contributed by atoms with Crippen LogP contribution >= 0.6 is 0 Å². The fourth-order valence-corrected chi connectivity index (χ4v) is 3.13. The summed E-state index contributed by atoms with van der Waals surface area (Å²) in [4.78, 5) is 33.5. The van der Waals surface area contributed by atoms with Crippen LogP contribution in [0.15, 0.2) is 40.0 Å². The summed E-state index contributed by atoms with van der Waals surface area (Å²) >= 11 is 0. The van der Waals surface area contributed by atoms with Gasteiger partial charge in [0.2, 0.25) is 5.91 Å². The molecule has 1 aliphatic rings. The van der Waals surface area contributed by atoms with Crippen molar-refractivity contribution in [3.63, 3.8) is 0 Å². The number of hydrogen-bond acceptors (Lipinski definition) is 5. The molecule has 0 atom stereocenters. The lowest BCUT2D eigenvalue weighted by atomic mass is 9.95. The van der Waals surface area contributed by atoms with Gasteiger partial charge in [-0.2, -0.15) is 0 Å². The molecule has 0 aromatic carbocycles. The highest BCUT2D eigenvalue weighted by Crippen LogP contribution is 2.21. The standard InChI is InChI=1S/C18H18N4O3/c23-16(19-9-13-5-3-7-25-13)10-22-11-20-17-14(18(22)24)8-12-4-1-2-6-15(12)21-17/h3,5,7-8,11H,1-2,4,6,9-10H2,(H,19,23). The van der Waals surface area contributed by atoms with Gasteiger partial charge < -0.3 is 9.73 Å². The van der Waals surface area contributed by atoms with Crippen LogP contribution in [-0.4, -0.2) is 20.4 Å². The van der Waals surface area contributed by atoms with Crippen molar-refractivity contribution in [2.75, 3.05) is 0 Å². The average Bonchev–Trinajstić information content (AvgIpc) is 3.15. The first kappa shape index (κ1) is 15.6. The van der Waals surface area contributed by atoms with Crippen molar-refractivity contribution < 1.29 is 9.21 Å². The van der Waals surface area contributed by atoms with Crippen LogP contribution in [0, 0.1) is 0 Å². The molecule has 0 radical (unpaired) electrons. The third-order valence-electron chi connectivity index (χ3n) is 4.45. The first-order valence-electron chi connectivity index (χ1n) is 8.38. The lowest BCUT2D eigenvalue weighted by Crippen LogP contribution is -2.32. The van der Waals surface area contributed by atoms with E-state index >= 15 is 0 Å². The van der Waals surface area contributed by atoms with Crippen molar-refractivity contribution in [2.45, 2.75) is 38.8 Å². The topological polar surface area (TPSA) is 90.0 Å². The second kappa shape index (κ2) is 6.51. The second-order valence-corrected chi connectivity index (χ2v) is 6.21. The smallest absolute Gasteiger partial charge is 0.263 e. The number of nitrogens with zero attached hydrogens (tertiary/aromatic N) is 3. The Morgan fingerprint density at radius 3 is 3.04 bits per heavy atom. The first-order valence-corrected chi connectivity index (χ1v) is 8.38. The molecule has 1 amide bonds. The van der Waals surface area contributed by atoms with E-state index in [0.717, 1.165) is 36.9 Å². The average molecular weight is 338 g/mol. The molecule has 3 heterocycles. The van der Waals surface area contributed by atoms with E-state index in [1.807, 2.05) is 6.07 Å². The van der Waals surface area contributed by atoms with Crippen molar-refractivity contribution >= 4 is 16.9 Å². The molecule has 3 aromatic heterocycles. The highest BCUT2D eigenvalue weighted by molar-refractivity contribution is 5.77. The predicted octanol–water partition coefficient (Wildman–Crippen LogP) is 1.58. The number of furan rings is 1. The molecule has 0 bridgehead atoms. The minimum atomic E-state index is -0.273. The Kier molecular flexibility index (Phi) is 4.05. The summed E-state index contributed by atoms with van der Waals surface area (Å²) in [5.41, 5.74) is 2.38. The molecule has 1 aliphatic carbocycles. The van der Waals surface area contributed by atoms with E-state index in [0.29, 0.717) is 16.8 Å². The molecule has 1 N–H and O–H groups in total. The van der Waals surface area contributed by atoms with E-state index in [1.54, 1.807) is 18.4 Å². The van der Waals surface area contributed by atoms with Crippen LogP contribution < -0.4 is 10.9 Å². The Hall–Kier alpha value is -2.96. The quantitative estimate of drug-likeness (QED) is 0.780. The van der Waals surface area contributed by atoms with Crippen molar-refractivity contribution in [1.29, 1.82) is 0 Å².